The second-order valence-corrected chi connectivity index (χ2v) is 5.67. The third-order valence-electron chi connectivity index (χ3n) is 3.53. The van der Waals surface area contributed by atoms with Crippen LogP contribution in [-0.4, -0.2) is 33.1 Å². The average molecular weight is 374 g/mol. The van der Waals surface area contributed by atoms with E-state index >= 15 is 0 Å². The van der Waals surface area contributed by atoms with E-state index in [4.69, 9.17) is 21.9 Å². The minimum Gasteiger partial charge on any atom is -0.383 e. The number of nitrogen functional groups attached to an aromatic ring is 1. The number of carbonyl (C=O) groups excluding carboxylic acids is 1. The molecule has 2 aromatic heterocycles. The van der Waals surface area contributed by atoms with Crippen LogP contribution in [0.5, 0.6) is 0 Å². The zero-order chi connectivity index (χ0) is 18.7. The number of aromatic nitrogens is 4. The highest BCUT2D eigenvalue weighted by Crippen LogP contribution is 2.26. The fraction of sp³-hybridized carbons (Fsp3) is 0.188. The molecule has 0 aliphatic carbocycles. The molecule has 4 N–H and O–H groups in total. The van der Waals surface area contributed by atoms with Gasteiger partial charge in [0.15, 0.2) is 5.82 Å². The molecule has 0 fully saturated rings. The van der Waals surface area contributed by atoms with Gasteiger partial charge in [-0.2, -0.15) is 9.97 Å². The number of benzene rings is 1. The number of anilines is 3. The highest BCUT2D eigenvalue weighted by Gasteiger charge is 2.14. The van der Waals surface area contributed by atoms with Crippen molar-refractivity contribution < 1.29 is 9.32 Å². The van der Waals surface area contributed by atoms with E-state index in [0.717, 1.165) is 0 Å². The zero-order valence-electron chi connectivity index (χ0n) is 14.1. The van der Waals surface area contributed by atoms with Crippen molar-refractivity contribution in [3.63, 3.8) is 0 Å². The van der Waals surface area contributed by atoms with Crippen molar-refractivity contribution in [2.24, 2.45) is 0 Å². The normalized spacial score (nSPS) is 10.6. The van der Waals surface area contributed by atoms with E-state index in [1.54, 1.807) is 18.2 Å². The molecule has 1 aromatic carbocycles. The van der Waals surface area contributed by atoms with Crippen molar-refractivity contribution in [2.45, 2.75) is 13.3 Å². The van der Waals surface area contributed by atoms with Crippen molar-refractivity contribution in [1.29, 1.82) is 0 Å². The SMILES string of the molecule is CCc1noc(-c2cnc(Nc3ccc(C(=O)NC)c(Cl)c3)nc2N)n1. The maximum Gasteiger partial charge on any atom is 0.263 e. The van der Waals surface area contributed by atoms with Crippen LogP contribution in [0.2, 0.25) is 5.02 Å². The first-order chi connectivity index (χ1) is 12.5. The van der Waals surface area contributed by atoms with E-state index in [1.807, 2.05) is 6.92 Å². The molecule has 10 heteroatoms. The fourth-order valence-electron chi connectivity index (χ4n) is 2.17. The quantitative estimate of drug-likeness (QED) is 0.621. The zero-order valence-corrected chi connectivity index (χ0v) is 14.8. The highest BCUT2D eigenvalue weighted by atomic mass is 35.5. The number of hydrogen-bond acceptors (Lipinski definition) is 8. The van der Waals surface area contributed by atoms with E-state index < -0.39 is 0 Å². The highest BCUT2D eigenvalue weighted by molar-refractivity contribution is 6.34. The number of amides is 1. The van der Waals surface area contributed by atoms with Gasteiger partial charge < -0.3 is 20.9 Å². The number of aryl methyl sites for hydroxylation is 1. The van der Waals surface area contributed by atoms with Crippen LogP contribution in [0, 0.1) is 0 Å². The molecule has 0 aliphatic heterocycles. The molecule has 0 radical (unpaired) electrons. The predicted molar refractivity (Wildman–Crippen MR) is 97.2 cm³/mol. The third-order valence-corrected chi connectivity index (χ3v) is 3.84. The van der Waals surface area contributed by atoms with Gasteiger partial charge in [0.05, 0.1) is 10.6 Å². The van der Waals surface area contributed by atoms with E-state index in [1.165, 1.54) is 13.2 Å². The first-order valence-electron chi connectivity index (χ1n) is 7.76. The standard InChI is InChI=1S/C16H16ClN7O2/c1-3-12-22-15(26-24-12)10-7-20-16(23-13(10)18)21-8-4-5-9(11(17)6-8)14(25)19-2/h4-7H,3H2,1-2H3,(H,19,25)(H3,18,20,21,23). The summed E-state index contributed by atoms with van der Waals surface area (Å²) in [5.74, 6) is 1.04. The maximum atomic E-state index is 11.7. The summed E-state index contributed by atoms with van der Waals surface area (Å²) in [6.07, 6.45) is 2.15. The molecule has 2 heterocycles. The lowest BCUT2D eigenvalue weighted by atomic mass is 10.2. The van der Waals surface area contributed by atoms with Crippen molar-refractivity contribution in [3.05, 3.63) is 40.8 Å². The Balaban J connectivity index is 1.81. The van der Waals surface area contributed by atoms with Crippen LogP contribution in [0.15, 0.2) is 28.9 Å². The van der Waals surface area contributed by atoms with Crippen molar-refractivity contribution in [3.8, 4) is 11.5 Å². The van der Waals surface area contributed by atoms with E-state index in [9.17, 15) is 4.79 Å². The van der Waals surface area contributed by atoms with Crippen LogP contribution in [-0.2, 0) is 6.42 Å². The Bertz CT molecular complexity index is 958. The largest absolute Gasteiger partial charge is 0.383 e. The molecule has 9 nitrogen and oxygen atoms in total. The molecule has 26 heavy (non-hydrogen) atoms. The molecule has 0 aliphatic rings. The van der Waals surface area contributed by atoms with Crippen LogP contribution < -0.4 is 16.4 Å². The second kappa shape index (κ2) is 7.36. The molecule has 0 atom stereocenters. The van der Waals surface area contributed by atoms with Crippen molar-refractivity contribution in [2.75, 3.05) is 18.1 Å². The lowest BCUT2D eigenvalue weighted by molar-refractivity contribution is 0.0963. The van der Waals surface area contributed by atoms with E-state index in [0.29, 0.717) is 34.1 Å². The topological polar surface area (TPSA) is 132 Å². The average Bonchev–Trinajstić information content (AvgIpc) is 3.10. The number of nitrogens with one attached hydrogen (secondary N) is 2. The van der Waals surface area contributed by atoms with E-state index in [2.05, 4.69) is 30.7 Å². The van der Waals surface area contributed by atoms with Crippen LogP contribution in [0.4, 0.5) is 17.5 Å². The molecule has 0 saturated heterocycles. The molecule has 0 bridgehead atoms. The summed E-state index contributed by atoms with van der Waals surface area (Å²) in [6.45, 7) is 1.92. The summed E-state index contributed by atoms with van der Waals surface area (Å²) in [6, 6.07) is 4.90. The molecule has 0 spiro atoms. The Labute approximate surface area is 154 Å². The molecule has 3 rings (SSSR count). The first-order valence-corrected chi connectivity index (χ1v) is 8.13. The summed E-state index contributed by atoms with van der Waals surface area (Å²) >= 11 is 6.13. The van der Waals surface area contributed by atoms with Gasteiger partial charge in [0.1, 0.15) is 11.4 Å². The molecule has 1 amide bonds. The Morgan fingerprint density at radius 1 is 1.35 bits per heavy atom. The number of halogens is 1. The van der Waals surface area contributed by atoms with Gasteiger partial charge in [-0.25, -0.2) is 4.98 Å². The van der Waals surface area contributed by atoms with Crippen LogP contribution in [0.25, 0.3) is 11.5 Å². The monoisotopic (exact) mass is 373 g/mol. The summed E-state index contributed by atoms with van der Waals surface area (Å²) in [5, 5.41) is 9.63. The second-order valence-electron chi connectivity index (χ2n) is 5.26. The van der Waals surface area contributed by atoms with Gasteiger partial charge in [0, 0.05) is 25.4 Å². The lowest BCUT2D eigenvalue weighted by Gasteiger charge is -2.09. The van der Waals surface area contributed by atoms with Crippen LogP contribution >= 0.6 is 11.6 Å². The molecule has 3 aromatic rings. The van der Waals surface area contributed by atoms with Gasteiger partial charge >= 0.3 is 0 Å². The summed E-state index contributed by atoms with van der Waals surface area (Å²) in [5.41, 5.74) is 7.41. The minimum atomic E-state index is -0.266. The molecular weight excluding hydrogens is 358 g/mol. The molecule has 134 valence electrons. The van der Waals surface area contributed by atoms with Gasteiger partial charge in [0.25, 0.3) is 11.8 Å². The van der Waals surface area contributed by atoms with Crippen molar-refractivity contribution >= 4 is 35.0 Å². The molecule has 0 unspecified atom stereocenters. The fourth-order valence-corrected chi connectivity index (χ4v) is 2.43. The van der Waals surface area contributed by atoms with Gasteiger partial charge in [-0.05, 0) is 18.2 Å². The Morgan fingerprint density at radius 2 is 2.15 bits per heavy atom. The Morgan fingerprint density at radius 3 is 2.77 bits per heavy atom. The van der Waals surface area contributed by atoms with Gasteiger partial charge in [0.2, 0.25) is 5.95 Å². The lowest BCUT2D eigenvalue weighted by Crippen LogP contribution is -2.18. The summed E-state index contributed by atoms with van der Waals surface area (Å²) in [4.78, 5) is 24.3. The number of nitrogens with two attached hydrogens (primary N) is 1. The van der Waals surface area contributed by atoms with Gasteiger partial charge in [-0.15, -0.1) is 0 Å². The van der Waals surface area contributed by atoms with E-state index in [-0.39, 0.29) is 23.6 Å². The predicted octanol–water partition coefficient (Wildman–Crippen LogP) is 2.43. The first kappa shape index (κ1) is 17.6. The number of rotatable bonds is 5. The molecule has 0 saturated carbocycles. The number of carbonyl (C=O) groups is 1. The van der Waals surface area contributed by atoms with Crippen LogP contribution in [0.3, 0.4) is 0 Å². The number of nitrogens with zero attached hydrogens (tertiary/aromatic N) is 4. The third kappa shape index (κ3) is 3.57. The summed E-state index contributed by atoms with van der Waals surface area (Å²) < 4.78 is 5.15. The Hall–Kier alpha value is -3.20. The van der Waals surface area contributed by atoms with Crippen LogP contribution in [0.1, 0.15) is 23.1 Å². The van der Waals surface area contributed by atoms with Gasteiger partial charge in [-0.3, -0.25) is 4.79 Å². The Kier molecular flexibility index (Phi) is 4.99. The maximum absolute atomic E-state index is 11.7. The number of hydrogen-bond donors (Lipinski definition) is 3. The minimum absolute atomic E-state index is 0.196. The summed E-state index contributed by atoms with van der Waals surface area (Å²) in [7, 11) is 1.54. The smallest absolute Gasteiger partial charge is 0.263 e. The van der Waals surface area contributed by atoms with Gasteiger partial charge in [-0.1, -0.05) is 23.7 Å². The molecular formula is C16H16ClN7O2. The van der Waals surface area contributed by atoms with Crippen molar-refractivity contribution in [1.82, 2.24) is 25.4 Å².